The first-order valence-electron chi connectivity index (χ1n) is 11.0. The van der Waals surface area contributed by atoms with Crippen LogP contribution in [0.2, 0.25) is 0 Å². The van der Waals surface area contributed by atoms with Gasteiger partial charge in [-0.05, 0) is 87.5 Å². The molecule has 2 fully saturated rings. The van der Waals surface area contributed by atoms with Gasteiger partial charge in [0.1, 0.15) is 11.6 Å². The molecular weight excluding hydrogens is 366 g/mol. The third-order valence-electron chi connectivity index (χ3n) is 6.94. The Morgan fingerprint density at radius 3 is 2.38 bits per heavy atom. The van der Waals surface area contributed by atoms with E-state index in [4.69, 9.17) is 0 Å². The van der Waals surface area contributed by atoms with Crippen molar-refractivity contribution in [3.05, 3.63) is 70.8 Å². The SMILES string of the molecule is CN1CCC(Cc2ccc(F)c(CNC3(c4ccc(F)cc4)CCCC3)c2)CC1. The molecule has 29 heavy (non-hydrogen) atoms. The molecule has 0 unspecified atom stereocenters. The normalized spacial score (nSPS) is 20.2. The molecule has 4 rings (SSSR count). The maximum Gasteiger partial charge on any atom is 0.127 e. The molecule has 1 aliphatic heterocycles. The number of halogens is 2. The lowest BCUT2D eigenvalue weighted by molar-refractivity contribution is 0.219. The molecule has 0 aromatic heterocycles. The van der Waals surface area contributed by atoms with Crippen LogP contribution in [0.1, 0.15) is 55.2 Å². The molecule has 0 amide bonds. The molecule has 1 aliphatic carbocycles. The van der Waals surface area contributed by atoms with Gasteiger partial charge in [0.15, 0.2) is 0 Å². The van der Waals surface area contributed by atoms with Gasteiger partial charge in [0, 0.05) is 17.6 Å². The van der Waals surface area contributed by atoms with Gasteiger partial charge >= 0.3 is 0 Å². The zero-order valence-corrected chi connectivity index (χ0v) is 17.4. The van der Waals surface area contributed by atoms with Gasteiger partial charge in [0.25, 0.3) is 0 Å². The van der Waals surface area contributed by atoms with E-state index < -0.39 is 0 Å². The summed E-state index contributed by atoms with van der Waals surface area (Å²) in [6.45, 7) is 2.81. The first-order chi connectivity index (χ1) is 14.0. The van der Waals surface area contributed by atoms with Crippen LogP contribution in [0.15, 0.2) is 42.5 Å². The number of piperidine rings is 1. The monoisotopic (exact) mass is 398 g/mol. The summed E-state index contributed by atoms with van der Waals surface area (Å²) in [7, 11) is 2.18. The molecule has 2 aromatic carbocycles. The van der Waals surface area contributed by atoms with Gasteiger partial charge < -0.3 is 10.2 Å². The van der Waals surface area contributed by atoms with Crippen LogP contribution in [-0.4, -0.2) is 25.0 Å². The van der Waals surface area contributed by atoms with Gasteiger partial charge in [0.2, 0.25) is 0 Å². The molecule has 0 spiro atoms. The third-order valence-corrected chi connectivity index (χ3v) is 6.94. The van der Waals surface area contributed by atoms with Crippen molar-refractivity contribution < 1.29 is 8.78 Å². The van der Waals surface area contributed by atoms with Gasteiger partial charge in [-0.3, -0.25) is 0 Å². The van der Waals surface area contributed by atoms with E-state index in [1.165, 1.54) is 30.5 Å². The average Bonchev–Trinajstić information content (AvgIpc) is 3.21. The van der Waals surface area contributed by atoms with Crippen LogP contribution in [0.3, 0.4) is 0 Å². The quantitative estimate of drug-likeness (QED) is 0.700. The van der Waals surface area contributed by atoms with Crippen LogP contribution >= 0.6 is 0 Å². The highest BCUT2D eigenvalue weighted by atomic mass is 19.1. The third kappa shape index (κ3) is 4.87. The maximum absolute atomic E-state index is 14.6. The van der Waals surface area contributed by atoms with Gasteiger partial charge in [-0.25, -0.2) is 8.78 Å². The Labute approximate surface area is 173 Å². The summed E-state index contributed by atoms with van der Waals surface area (Å²) in [4.78, 5) is 2.38. The Balaban J connectivity index is 1.46. The standard InChI is InChI=1S/C25H32F2N2/c1-29-14-10-19(11-15-29)16-20-4-9-24(27)21(17-20)18-28-25(12-2-3-13-25)22-5-7-23(26)8-6-22/h4-9,17,19,28H,2-3,10-16,18H2,1H3. The first-order valence-corrected chi connectivity index (χ1v) is 11.0. The van der Waals surface area contributed by atoms with Crippen LogP contribution in [-0.2, 0) is 18.5 Å². The minimum Gasteiger partial charge on any atom is -0.306 e. The van der Waals surface area contributed by atoms with E-state index in [1.54, 1.807) is 6.07 Å². The maximum atomic E-state index is 14.6. The molecule has 1 N–H and O–H groups in total. The number of nitrogens with one attached hydrogen (secondary N) is 1. The van der Waals surface area contributed by atoms with Crippen LogP contribution in [0, 0.1) is 17.6 Å². The number of likely N-dealkylation sites (tertiary alicyclic amines) is 1. The Kier molecular flexibility index (Phi) is 6.31. The molecule has 1 saturated heterocycles. The second kappa shape index (κ2) is 8.93. The summed E-state index contributed by atoms with van der Waals surface area (Å²) < 4.78 is 27.9. The molecule has 156 valence electrons. The summed E-state index contributed by atoms with van der Waals surface area (Å²) in [5, 5.41) is 3.66. The minimum atomic E-state index is -0.213. The Morgan fingerprint density at radius 1 is 1.00 bits per heavy atom. The predicted molar refractivity (Wildman–Crippen MR) is 114 cm³/mol. The van der Waals surface area contributed by atoms with Gasteiger partial charge in [-0.2, -0.15) is 0 Å². The van der Waals surface area contributed by atoms with E-state index in [9.17, 15) is 8.78 Å². The molecule has 4 heteroatoms. The molecule has 0 radical (unpaired) electrons. The van der Waals surface area contributed by atoms with Crippen LogP contribution in [0.5, 0.6) is 0 Å². The fraction of sp³-hybridized carbons (Fsp3) is 0.520. The highest BCUT2D eigenvalue weighted by Crippen LogP contribution is 2.39. The zero-order valence-electron chi connectivity index (χ0n) is 17.4. The predicted octanol–water partition coefficient (Wildman–Crippen LogP) is 5.41. The largest absolute Gasteiger partial charge is 0.306 e. The fourth-order valence-electron chi connectivity index (χ4n) is 5.07. The lowest BCUT2D eigenvalue weighted by Crippen LogP contribution is -2.39. The van der Waals surface area contributed by atoms with E-state index >= 15 is 0 Å². The highest BCUT2D eigenvalue weighted by Gasteiger charge is 2.35. The lowest BCUT2D eigenvalue weighted by atomic mass is 9.87. The molecule has 1 saturated carbocycles. The molecule has 0 bridgehead atoms. The Bertz CT molecular complexity index is 804. The lowest BCUT2D eigenvalue weighted by Gasteiger charge is -2.32. The minimum absolute atomic E-state index is 0.142. The van der Waals surface area contributed by atoms with Crippen LogP contribution < -0.4 is 5.32 Å². The summed E-state index contributed by atoms with van der Waals surface area (Å²) in [5.74, 6) is 0.337. The van der Waals surface area contributed by atoms with Gasteiger partial charge in [0.05, 0.1) is 0 Å². The summed E-state index contributed by atoms with van der Waals surface area (Å²) in [6.07, 6.45) is 7.77. The Hall–Kier alpha value is -1.78. The van der Waals surface area contributed by atoms with Crippen molar-refractivity contribution in [1.29, 1.82) is 0 Å². The number of nitrogens with zero attached hydrogens (tertiary/aromatic N) is 1. The van der Waals surface area contributed by atoms with Gasteiger partial charge in [-0.1, -0.05) is 37.1 Å². The Morgan fingerprint density at radius 2 is 1.69 bits per heavy atom. The second-order valence-electron chi connectivity index (χ2n) is 9.03. The number of hydrogen-bond acceptors (Lipinski definition) is 2. The van der Waals surface area contributed by atoms with Crippen molar-refractivity contribution in [2.45, 2.75) is 57.0 Å². The van der Waals surface area contributed by atoms with Crippen molar-refractivity contribution in [1.82, 2.24) is 10.2 Å². The first kappa shape index (κ1) is 20.5. The zero-order chi connectivity index (χ0) is 20.3. The van der Waals surface area contributed by atoms with Crippen molar-refractivity contribution in [2.24, 2.45) is 5.92 Å². The number of rotatable bonds is 6. The topological polar surface area (TPSA) is 15.3 Å². The van der Waals surface area contributed by atoms with Crippen molar-refractivity contribution in [3.63, 3.8) is 0 Å². The smallest absolute Gasteiger partial charge is 0.127 e. The van der Waals surface area contributed by atoms with Crippen molar-refractivity contribution >= 4 is 0 Å². The summed E-state index contributed by atoms with van der Waals surface area (Å²) in [6, 6.07) is 12.4. The van der Waals surface area contributed by atoms with Crippen LogP contribution in [0.4, 0.5) is 8.78 Å². The molecule has 2 aromatic rings. The molecular formula is C25H32F2N2. The fourth-order valence-corrected chi connectivity index (χ4v) is 5.07. The van der Waals surface area contributed by atoms with Crippen molar-refractivity contribution in [3.8, 4) is 0 Å². The number of hydrogen-bond donors (Lipinski definition) is 1. The van der Waals surface area contributed by atoms with E-state index in [-0.39, 0.29) is 17.2 Å². The molecule has 1 heterocycles. The summed E-state index contributed by atoms with van der Waals surface area (Å²) in [5.41, 5.74) is 2.91. The van der Waals surface area contributed by atoms with Gasteiger partial charge in [-0.15, -0.1) is 0 Å². The van der Waals surface area contributed by atoms with E-state index in [0.717, 1.165) is 56.3 Å². The van der Waals surface area contributed by atoms with E-state index in [0.29, 0.717) is 12.5 Å². The van der Waals surface area contributed by atoms with Crippen LogP contribution in [0.25, 0.3) is 0 Å². The van der Waals surface area contributed by atoms with Crippen molar-refractivity contribution in [2.75, 3.05) is 20.1 Å². The van der Waals surface area contributed by atoms with E-state index in [1.807, 2.05) is 24.3 Å². The number of benzene rings is 2. The summed E-state index contributed by atoms with van der Waals surface area (Å²) >= 11 is 0. The van der Waals surface area contributed by atoms with E-state index in [2.05, 4.69) is 17.3 Å². The molecule has 2 nitrogen and oxygen atoms in total. The molecule has 0 atom stereocenters. The average molecular weight is 399 g/mol. The second-order valence-corrected chi connectivity index (χ2v) is 9.03. The molecule has 2 aliphatic rings. The highest BCUT2D eigenvalue weighted by molar-refractivity contribution is 5.29.